The zero-order chi connectivity index (χ0) is 22.6. The molecule has 1 saturated heterocycles. The number of likely N-dealkylation sites (tertiary alicyclic amines) is 1. The number of methoxy groups -OCH3 is 1. The number of ether oxygens (including phenoxy) is 1. The highest BCUT2D eigenvalue weighted by molar-refractivity contribution is 7.13. The van der Waals surface area contributed by atoms with Gasteiger partial charge in [0.25, 0.3) is 5.91 Å². The van der Waals surface area contributed by atoms with E-state index in [1.54, 1.807) is 25.4 Å². The fraction of sp³-hybridized carbons (Fsp3) is 0.385. The third-order valence-electron chi connectivity index (χ3n) is 6.91. The maximum absolute atomic E-state index is 13.7. The van der Waals surface area contributed by atoms with E-state index in [9.17, 15) is 9.59 Å². The van der Waals surface area contributed by atoms with Gasteiger partial charge in [-0.1, -0.05) is 6.07 Å². The first kappa shape index (κ1) is 21.0. The number of amides is 1. The van der Waals surface area contributed by atoms with Gasteiger partial charge < -0.3 is 14.2 Å². The van der Waals surface area contributed by atoms with Crippen LogP contribution in [-0.2, 0) is 13.0 Å². The molecule has 5 nitrogen and oxygen atoms in total. The number of benzene rings is 1. The molecule has 4 heterocycles. The summed E-state index contributed by atoms with van der Waals surface area (Å²) in [6.07, 6.45) is 2.85. The molecule has 32 heavy (non-hydrogen) atoms. The largest absolute Gasteiger partial charge is 0.496 e. The number of Topliss-reactive ketones (excluding diaryl/α,β-unsaturated/α-hetero) is 1. The average Bonchev–Trinajstić information content (AvgIpc) is 3.49. The van der Waals surface area contributed by atoms with Crippen molar-refractivity contribution in [1.29, 1.82) is 0 Å². The number of fused-ring (bicyclic) bond motifs is 3. The molecule has 2 aliphatic rings. The minimum atomic E-state index is -0.132. The molecule has 0 saturated carbocycles. The summed E-state index contributed by atoms with van der Waals surface area (Å²) < 4.78 is 7.68. The summed E-state index contributed by atoms with van der Waals surface area (Å²) in [6.45, 7) is 7.39. The van der Waals surface area contributed by atoms with Crippen LogP contribution in [0.1, 0.15) is 60.0 Å². The first-order valence-corrected chi connectivity index (χ1v) is 12.0. The highest BCUT2D eigenvalue weighted by Gasteiger charge is 2.38. The number of hydrogen-bond donors (Lipinski definition) is 0. The molecular formula is C26H28N2O3S. The summed E-state index contributed by atoms with van der Waals surface area (Å²) in [5.41, 5.74) is 5.43. The van der Waals surface area contributed by atoms with Gasteiger partial charge in [-0.3, -0.25) is 9.59 Å². The number of hydrogen-bond acceptors (Lipinski definition) is 4. The van der Waals surface area contributed by atoms with E-state index in [0.29, 0.717) is 11.3 Å². The number of carbonyl (C=O) groups is 2. The van der Waals surface area contributed by atoms with E-state index in [2.05, 4.69) is 35.9 Å². The Balaban J connectivity index is 1.73. The molecule has 0 atom stereocenters. The first-order valence-electron chi connectivity index (χ1n) is 11.1. The van der Waals surface area contributed by atoms with E-state index in [0.717, 1.165) is 65.3 Å². The van der Waals surface area contributed by atoms with Crippen molar-refractivity contribution in [3.8, 4) is 27.4 Å². The number of aromatic nitrogens is 1. The van der Waals surface area contributed by atoms with E-state index in [1.807, 2.05) is 23.1 Å². The van der Waals surface area contributed by atoms with Crippen molar-refractivity contribution in [1.82, 2.24) is 9.47 Å². The van der Waals surface area contributed by atoms with Crippen LogP contribution < -0.4 is 4.74 Å². The Morgan fingerprint density at radius 3 is 2.56 bits per heavy atom. The van der Waals surface area contributed by atoms with Gasteiger partial charge in [0.1, 0.15) is 11.4 Å². The lowest BCUT2D eigenvalue weighted by atomic mass is 9.92. The Morgan fingerprint density at radius 2 is 1.94 bits per heavy atom. The minimum Gasteiger partial charge on any atom is -0.496 e. The summed E-state index contributed by atoms with van der Waals surface area (Å²) in [4.78, 5) is 29.2. The topological polar surface area (TPSA) is 51.5 Å². The Hall–Kier alpha value is -2.86. The van der Waals surface area contributed by atoms with Crippen LogP contribution >= 0.6 is 11.3 Å². The number of carbonyl (C=O) groups excluding carboxylic acids is 2. The normalized spacial score (nSPS) is 16.6. The summed E-state index contributed by atoms with van der Waals surface area (Å²) in [7, 11) is 1.60. The average molecular weight is 449 g/mol. The molecule has 166 valence electrons. The Bertz CT molecular complexity index is 1220. The Kier molecular flexibility index (Phi) is 5.01. The lowest BCUT2D eigenvalue weighted by Crippen LogP contribution is -2.43. The van der Waals surface area contributed by atoms with Gasteiger partial charge in [0.05, 0.1) is 18.4 Å². The van der Waals surface area contributed by atoms with Crippen molar-refractivity contribution in [2.24, 2.45) is 0 Å². The Labute approximate surface area is 192 Å². The van der Waals surface area contributed by atoms with Gasteiger partial charge in [0.15, 0.2) is 5.78 Å². The van der Waals surface area contributed by atoms with Gasteiger partial charge in [-0.05, 0) is 75.2 Å². The van der Waals surface area contributed by atoms with Crippen molar-refractivity contribution in [2.45, 2.75) is 52.1 Å². The summed E-state index contributed by atoms with van der Waals surface area (Å²) in [5, 5.41) is 2.06. The third kappa shape index (κ3) is 3.20. The summed E-state index contributed by atoms with van der Waals surface area (Å²) in [6, 6.07) is 10.1. The Morgan fingerprint density at radius 1 is 1.12 bits per heavy atom. The molecule has 5 rings (SSSR count). The predicted molar refractivity (Wildman–Crippen MR) is 128 cm³/mol. The SMILES string of the molecule is COc1cc2c(cc1C(C)=O)-c1c(-c3cccs3)cc(C(=O)N3CCCC3(C)C)n1CC2. The van der Waals surface area contributed by atoms with Crippen LogP contribution in [0.2, 0.25) is 0 Å². The number of nitrogens with zero attached hydrogens (tertiary/aromatic N) is 2. The molecule has 0 N–H and O–H groups in total. The zero-order valence-electron chi connectivity index (χ0n) is 19.0. The first-order chi connectivity index (χ1) is 15.3. The van der Waals surface area contributed by atoms with Gasteiger partial charge in [0.2, 0.25) is 0 Å². The van der Waals surface area contributed by atoms with Crippen molar-refractivity contribution in [3.63, 3.8) is 0 Å². The van der Waals surface area contributed by atoms with Gasteiger partial charge >= 0.3 is 0 Å². The summed E-state index contributed by atoms with van der Waals surface area (Å²) in [5.74, 6) is 0.686. The number of rotatable bonds is 4. The van der Waals surface area contributed by atoms with Crippen molar-refractivity contribution >= 4 is 23.0 Å². The highest BCUT2D eigenvalue weighted by atomic mass is 32.1. The van der Waals surface area contributed by atoms with Crippen LogP contribution in [0.3, 0.4) is 0 Å². The van der Waals surface area contributed by atoms with Gasteiger partial charge in [-0.25, -0.2) is 0 Å². The molecule has 0 unspecified atom stereocenters. The van der Waals surface area contributed by atoms with E-state index in [-0.39, 0.29) is 17.2 Å². The van der Waals surface area contributed by atoms with Gasteiger partial charge in [0, 0.05) is 34.6 Å². The third-order valence-corrected chi connectivity index (χ3v) is 7.82. The highest BCUT2D eigenvalue weighted by Crippen LogP contribution is 2.44. The van der Waals surface area contributed by atoms with Crippen molar-refractivity contribution < 1.29 is 14.3 Å². The second-order valence-electron chi connectivity index (χ2n) is 9.31. The molecule has 0 aliphatic carbocycles. The molecule has 2 aliphatic heterocycles. The molecule has 6 heteroatoms. The van der Waals surface area contributed by atoms with Gasteiger partial charge in [-0.2, -0.15) is 0 Å². The molecule has 3 aromatic rings. The van der Waals surface area contributed by atoms with E-state index in [1.165, 1.54) is 0 Å². The maximum Gasteiger partial charge on any atom is 0.270 e. The second-order valence-corrected chi connectivity index (χ2v) is 10.3. The van der Waals surface area contributed by atoms with Crippen LogP contribution in [0, 0.1) is 0 Å². The number of ketones is 1. The van der Waals surface area contributed by atoms with Crippen LogP contribution in [0.5, 0.6) is 5.75 Å². The summed E-state index contributed by atoms with van der Waals surface area (Å²) >= 11 is 1.67. The van der Waals surface area contributed by atoms with Crippen LogP contribution in [0.4, 0.5) is 0 Å². The van der Waals surface area contributed by atoms with Gasteiger partial charge in [-0.15, -0.1) is 11.3 Å². The number of thiophene rings is 1. The molecular weight excluding hydrogens is 420 g/mol. The lowest BCUT2D eigenvalue weighted by molar-refractivity contribution is 0.0640. The van der Waals surface area contributed by atoms with Crippen molar-refractivity contribution in [3.05, 3.63) is 52.5 Å². The maximum atomic E-state index is 13.7. The smallest absolute Gasteiger partial charge is 0.270 e. The quantitative estimate of drug-likeness (QED) is 0.484. The predicted octanol–water partition coefficient (Wildman–Crippen LogP) is 5.67. The van der Waals surface area contributed by atoms with E-state index in [4.69, 9.17) is 4.74 Å². The zero-order valence-corrected chi connectivity index (χ0v) is 19.8. The molecule has 0 radical (unpaired) electrons. The van der Waals surface area contributed by atoms with Crippen LogP contribution in [0.25, 0.3) is 21.7 Å². The molecule has 0 bridgehead atoms. The van der Waals surface area contributed by atoms with Crippen LogP contribution in [-0.4, -0.2) is 40.4 Å². The fourth-order valence-electron chi connectivity index (χ4n) is 5.22. The standard InChI is InChI=1S/C26H28N2O3S/c1-16(29)18-14-19-17(13-22(18)31-4)8-11-27-21(25(30)28-10-6-9-26(28,2)3)15-20(24(19)27)23-7-5-12-32-23/h5,7,12-15H,6,8-11H2,1-4H3. The van der Waals surface area contributed by atoms with Crippen molar-refractivity contribution in [2.75, 3.05) is 13.7 Å². The molecule has 1 fully saturated rings. The minimum absolute atomic E-state index is 0.0267. The molecule has 2 aromatic heterocycles. The molecule has 1 aromatic carbocycles. The van der Waals surface area contributed by atoms with Crippen LogP contribution in [0.15, 0.2) is 35.7 Å². The molecule has 1 amide bonds. The number of aryl methyl sites for hydroxylation is 1. The molecule has 0 spiro atoms. The fourth-order valence-corrected chi connectivity index (χ4v) is 5.96. The second kappa shape index (κ2) is 7.62. The monoisotopic (exact) mass is 448 g/mol. The lowest BCUT2D eigenvalue weighted by Gasteiger charge is -2.32. The van der Waals surface area contributed by atoms with E-state index < -0.39 is 0 Å². The van der Waals surface area contributed by atoms with E-state index >= 15 is 0 Å².